The maximum atomic E-state index is 9.00. The first-order valence-electron chi connectivity index (χ1n) is 2.82. The van der Waals surface area contributed by atoms with E-state index in [1.165, 1.54) is 6.92 Å². The number of rotatable bonds is 1. The van der Waals surface area contributed by atoms with Crippen molar-refractivity contribution in [2.24, 2.45) is 11.7 Å². The molecule has 0 aliphatic heterocycles. The standard InChI is InChI=1S/C3H8O2.C2H4O2.H4N2/c1-3(5)2-4;1-2(3)4;1-2/h3-5H,2H2,1H3;1H3,(H,3,4);1-2H2. The predicted octanol–water partition coefficient (Wildman–Crippen LogP) is -1.73. The van der Waals surface area contributed by atoms with Crippen molar-refractivity contribution >= 4 is 5.97 Å². The Morgan fingerprint density at radius 2 is 1.64 bits per heavy atom. The second-order valence-corrected chi connectivity index (χ2v) is 1.55. The van der Waals surface area contributed by atoms with Gasteiger partial charge >= 0.3 is 0 Å². The second kappa shape index (κ2) is 16.1. The summed E-state index contributed by atoms with van der Waals surface area (Å²) in [6.07, 6.45) is -0.560. The van der Waals surface area contributed by atoms with E-state index in [0.29, 0.717) is 0 Å². The van der Waals surface area contributed by atoms with Crippen LogP contribution in [0.4, 0.5) is 0 Å². The molecule has 6 heteroatoms. The maximum absolute atomic E-state index is 9.00. The summed E-state index contributed by atoms with van der Waals surface area (Å²) in [4.78, 5) is 9.00. The molecule has 1 atom stereocenters. The zero-order valence-corrected chi connectivity index (χ0v) is 6.69. The lowest BCUT2D eigenvalue weighted by Gasteiger charge is -1.90. The van der Waals surface area contributed by atoms with Crippen LogP contribution in [0.3, 0.4) is 0 Å². The van der Waals surface area contributed by atoms with Crippen LogP contribution in [0.2, 0.25) is 0 Å². The van der Waals surface area contributed by atoms with Gasteiger partial charge in [-0.05, 0) is 6.92 Å². The highest BCUT2D eigenvalue weighted by Crippen LogP contribution is 1.68. The monoisotopic (exact) mass is 168 g/mol. The van der Waals surface area contributed by atoms with Crippen LogP contribution in [0.15, 0.2) is 0 Å². The first-order valence-corrected chi connectivity index (χ1v) is 2.82. The van der Waals surface area contributed by atoms with Gasteiger partial charge < -0.3 is 15.3 Å². The van der Waals surface area contributed by atoms with Crippen molar-refractivity contribution in [2.75, 3.05) is 6.61 Å². The molecule has 0 amide bonds. The first kappa shape index (κ1) is 16.7. The van der Waals surface area contributed by atoms with E-state index in [2.05, 4.69) is 11.7 Å². The molecule has 0 aromatic carbocycles. The van der Waals surface area contributed by atoms with Gasteiger partial charge in [0.2, 0.25) is 0 Å². The number of hydrogen-bond acceptors (Lipinski definition) is 5. The zero-order valence-electron chi connectivity index (χ0n) is 6.69. The quantitative estimate of drug-likeness (QED) is 0.233. The number of hydrogen-bond donors (Lipinski definition) is 5. The van der Waals surface area contributed by atoms with Gasteiger partial charge in [-0.3, -0.25) is 16.5 Å². The van der Waals surface area contributed by atoms with E-state index in [1.807, 2.05) is 0 Å². The number of hydrazine groups is 1. The van der Waals surface area contributed by atoms with Gasteiger partial charge in [0.1, 0.15) is 0 Å². The molecule has 0 aliphatic carbocycles. The summed E-state index contributed by atoms with van der Waals surface area (Å²) >= 11 is 0. The highest BCUT2D eigenvalue weighted by Gasteiger charge is 1.83. The lowest BCUT2D eigenvalue weighted by Crippen LogP contribution is -2.03. The fourth-order valence-electron chi connectivity index (χ4n) is 0. The number of aliphatic hydroxyl groups excluding tert-OH is 2. The molecule has 7 N–H and O–H groups in total. The fourth-order valence-corrected chi connectivity index (χ4v) is 0. The molecule has 6 nitrogen and oxygen atoms in total. The molecule has 0 saturated heterocycles. The van der Waals surface area contributed by atoms with Gasteiger partial charge in [-0.1, -0.05) is 0 Å². The van der Waals surface area contributed by atoms with Crippen LogP contribution in [0.25, 0.3) is 0 Å². The highest BCUT2D eigenvalue weighted by atomic mass is 16.4. The molecule has 11 heavy (non-hydrogen) atoms. The van der Waals surface area contributed by atoms with E-state index < -0.39 is 12.1 Å². The average molecular weight is 168 g/mol. The molecule has 0 fully saturated rings. The van der Waals surface area contributed by atoms with Crippen molar-refractivity contribution in [2.45, 2.75) is 20.0 Å². The molecule has 1 unspecified atom stereocenters. The summed E-state index contributed by atoms with van der Waals surface area (Å²) in [6.45, 7) is 2.47. The Labute approximate surface area is 65.4 Å². The van der Waals surface area contributed by atoms with Gasteiger partial charge in [-0.15, -0.1) is 0 Å². The normalized spacial score (nSPS) is 9.64. The molecule has 0 aromatic heterocycles. The van der Waals surface area contributed by atoms with Crippen LogP contribution >= 0.6 is 0 Å². The Balaban J connectivity index is -0.0000000965. The minimum absolute atomic E-state index is 0.139. The minimum Gasteiger partial charge on any atom is -0.481 e. The van der Waals surface area contributed by atoms with Crippen LogP contribution in [0.5, 0.6) is 0 Å². The summed E-state index contributed by atoms with van der Waals surface area (Å²) in [5.41, 5.74) is 0. The van der Waals surface area contributed by atoms with Gasteiger partial charge in [0.15, 0.2) is 0 Å². The van der Waals surface area contributed by atoms with Crippen molar-refractivity contribution < 1.29 is 20.1 Å². The third-order valence-corrected chi connectivity index (χ3v) is 0.264. The zero-order chi connectivity index (χ0) is 9.86. The molecule has 70 valence electrons. The highest BCUT2D eigenvalue weighted by molar-refractivity contribution is 5.62. The number of aliphatic carboxylic acids is 1. The molecule has 0 radical (unpaired) electrons. The third-order valence-electron chi connectivity index (χ3n) is 0.264. The van der Waals surface area contributed by atoms with Crippen molar-refractivity contribution in [1.29, 1.82) is 0 Å². The smallest absolute Gasteiger partial charge is 0.300 e. The van der Waals surface area contributed by atoms with Gasteiger partial charge in [0.25, 0.3) is 5.97 Å². The van der Waals surface area contributed by atoms with Crippen LogP contribution in [0.1, 0.15) is 13.8 Å². The Bertz CT molecular complexity index is 72.9. The van der Waals surface area contributed by atoms with Gasteiger partial charge in [-0.25, -0.2) is 0 Å². The molecule has 0 rings (SSSR count). The number of nitrogens with two attached hydrogens (primary N) is 2. The molecule has 0 saturated carbocycles. The van der Waals surface area contributed by atoms with Gasteiger partial charge in [0, 0.05) is 6.92 Å². The van der Waals surface area contributed by atoms with E-state index in [9.17, 15) is 0 Å². The fraction of sp³-hybridized carbons (Fsp3) is 0.800. The van der Waals surface area contributed by atoms with Crippen LogP contribution in [-0.2, 0) is 4.79 Å². The maximum Gasteiger partial charge on any atom is 0.300 e. The molecule has 0 heterocycles. The van der Waals surface area contributed by atoms with E-state index in [0.717, 1.165) is 6.92 Å². The predicted molar refractivity (Wildman–Crippen MR) is 40.5 cm³/mol. The van der Waals surface area contributed by atoms with Gasteiger partial charge in [-0.2, -0.15) is 0 Å². The lowest BCUT2D eigenvalue weighted by atomic mass is 10.5. The summed E-state index contributed by atoms with van der Waals surface area (Å²) in [6, 6.07) is 0. The van der Waals surface area contributed by atoms with E-state index >= 15 is 0 Å². The van der Waals surface area contributed by atoms with Gasteiger partial charge in [0.05, 0.1) is 12.7 Å². The van der Waals surface area contributed by atoms with E-state index in [1.54, 1.807) is 0 Å². The van der Waals surface area contributed by atoms with Crippen LogP contribution < -0.4 is 11.7 Å². The van der Waals surface area contributed by atoms with Crippen molar-refractivity contribution in [1.82, 2.24) is 0 Å². The molecule has 0 spiro atoms. The molecular weight excluding hydrogens is 152 g/mol. The van der Waals surface area contributed by atoms with E-state index in [-0.39, 0.29) is 6.61 Å². The SMILES string of the molecule is CC(=O)O.CC(O)CO.NN. The summed E-state index contributed by atoms with van der Waals surface area (Å²) in [7, 11) is 0. The van der Waals surface area contributed by atoms with Crippen molar-refractivity contribution in [3.8, 4) is 0 Å². The van der Waals surface area contributed by atoms with Crippen molar-refractivity contribution in [3.63, 3.8) is 0 Å². The minimum atomic E-state index is -0.833. The Morgan fingerprint density at radius 1 is 1.55 bits per heavy atom. The summed E-state index contributed by atoms with van der Waals surface area (Å²) in [5.74, 6) is 7.17. The molecule has 0 aromatic rings. The molecule has 0 bridgehead atoms. The molecular formula is C5H16N2O4. The third kappa shape index (κ3) is 290. The Kier molecular flexibility index (Phi) is 24.5. The second-order valence-electron chi connectivity index (χ2n) is 1.55. The Hall–Kier alpha value is -0.690. The number of carbonyl (C=O) groups is 1. The van der Waals surface area contributed by atoms with Crippen molar-refractivity contribution in [3.05, 3.63) is 0 Å². The summed E-state index contributed by atoms with van der Waals surface area (Å²) in [5, 5.41) is 23.4. The summed E-state index contributed by atoms with van der Waals surface area (Å²) < 4.78 is 0. The number of aliphatic hydroxyl groups is 2. The number of carboxylic acid groups (broad SMARTS) is 1. The Morgan fingerprint density at radius 3 is 1.64 bits per heavy atom. The largest absolute Gasteiger partial charge is 0.481 e. The van der Waals surface area contributed by atoms with Crippen LogP contribution in [0, 0.1) is 0 Å². The topological polar surface area (TPSA) is 130 Å². The van der Waals surface area contributed by atoms with Crippen LogP contribution in [-0.4, -0.2) is 34.0 Å². The molecule has 0 aliphatic rings. The first-order chi connectivity index (χ1) is 5.00. The lowest BCUT2D eigenvalue weighted by molar-refractivity contribution is -0.134. The van der Waals surface area contributed by atoms with E-state index in [4.69, 9.17) is 20.1 Å². The number of carboxylic acids is 1. The average Bonchev–Trinajstić information content (AvgIpc) is 1.91.